The fourth-order valence-electron chi connectivity index (χ4n) is 15.8. The topological polar surface area (TPSA) is 948 Å². The van der Waals surface area contributed by atoms with Crippen molar-refractivity contribution >= 4 is 166 Å². The van der Waals surface area contributed by atoms with Crippen molar-refractivity contribution < 1.29 is 208 Å². The minimum absolute atomic E-state index is 0.0633. The SMILES string of the molecule is CC(N(C)S(=O)(=O)N1C[C@H](CCCB2OCC(C)(C(=O)O)C(=O)O2)[C@](N)(C(=O)O)C1)C1(N)CC1.CC(N)CN(C)S(=O)(=O)N1C[C@H](CCCB2OCC(C)(C(=O)O)C(=O)O2)[C@](N)(C(=O)O)C1.CN(C1CC1N)S(=O)(=O)N1C[C@H](CCCB2OCC(C)(C(=O)O)C(=O)O2)[C@](N)(C(=O)O)C1.CN(CCN)S(=O)(=O)N1C[C@H](CCCB2OCC(C)(C(=O)O)C(=O)O2)[C@](N)(C(=O)O)C1.O=C=O.O=C=O.O=C=O.O=C=O. The van der Waals surface area contributed by atoms with Gasteiger partial charge in [-0.3, -0.25) is 57.5 Å². The Morgan fingerprint density at radius 3 is 0.844 bits per heavy atom. The summed E-state index contributed by atoms with van der Waals surface area (Å²) in [5.41, 5.74) is 32.7. The number of aliphatic carboxylic acids is 8. The lowest BCUT2D eigenvalue weighted by molar-refractivity contribution is -0.193. The van der Waals surface area contributed by atoms with Gasteiger partial charge in [-0.1, -0.05) is 25.7 Å². The largest absolute Gasteiger partial charge is 0.527 e. The Morgan fingerprint density at radius 2 is 0.645 bits per heavy atom. The molecule has 10 fully saturated rings. The molecule has 68 heteroatoms. The number of carboxylic acid groups (broad SMARTS) is 8. The molecule has 60 nitrogen and oxygen atoms in total. The van der Waals surface area contributed by atoms with Crippen molar-refractivity contribution in [3.63, 3.8) is 0 Å². The summed E-state index contributed by atoms with van der Waals surface area (Å²) in [6.07, 6.45) is 5.98. The molecule has 0 radical (unpaired) electrons. The van der Waals surface area contributed by atoms with Crippen LogP contribution in [0.5, 0.6) is 0 Å². The zero-order valence-electron chi connectivity index (χ0n) is 78.7. The molecule has 794 valence electrons. The highest BCUT2D eigenvalue weighted by Gasteiger charge is 2.62. The molecule has 0 aromatic carbocycles. The molecule has 0 spiro atoms. The van der Waals surface area contributed by atoms with Gasteiger partial charge >= 0.3 is 125 Å². The molecule has 8 heterocycles. The second-order valence-corrected chi connectivity index (χ2v) is 44.4. The van der Waals surface area contributed by atoms with Crippen LogP contribution in [-0.2, 0) is 174 Å². The second kappa shape index (κ2) is 51.3. The van der Waals surface area contributed by atoms with Crippen LogP contribution in [0.15, 0.2) is 0 Å². The first-order chi connectivity index (χ1) is 64.9. The van der Waals surface area contributed by atoms with Crippen LogP contribution < -0.4 is 45.9 Å². The molecule has 0 aromatic rings. The number of nitrogens with two attached hydrogens (primary N) is 8. The lowest BCUT2D eigenvalue weighted by atomic mass is 9.75. The Hall–Kier alpha value is -9.58. The molecule has 0 bridgehead atoms. The van der Waals surface area contributed by atoms with Crippen LogP contribution in [0.1, 0.15) is 112 Å². The third-order valence-electron chi connectivity index (χ3n) is 26.1. The van der Waals surface area contributed by atoms with Crippen molar-refractivity contribution in [1.82, 2.24) is 34.4 Å². The van der Waals surface area contributed by atoms with Crippen LogP contribution in [0.25, 0.3) is 0 Å². The van der Waals surface area contributed by atoms with Crippen molar-refractivity contribution in [2.24, 2.45) is 91.2 Å². The van der Waals surface area contributed by atoms with E-state index in [0.717, 1.165) is 30.1 Å². The molecule has 10 aliphatic rings. The maximum absolute atomic E-state index is 13.2. The average Bonchev–Trinajstić information content (AvgIpc) is 1.58. The first-order valence-electron chi connectivity index (χ1n) is 43.1. The summed E-state index contributed by atoms with van der Waals surface area (Å²) >= 11 is 0. The average molecular weight is 2100 g/mol. The molecule has 141 heavy (non-hydrogen) atoms. The predicted molar refractivity (Wildman–Crippen MR) is 470 cm³/mol. The summed E-state index contributed by atoms with van der Waals surface area (Å²) in [6, 6.07) is -1.42. The highest BCUT2D eigenvalue weighted by atomic mass is 32.2. The number of hydrogen-bond acceptors (Lipinski definition) is 44. The van der Waals surface area contributed by atoms with Gasteiger partial charge in [-0.15, -0.1) is 0 Å². The lowest BCUT2D eigenvalue weighted by Crippen LogP contribution is -2.56. The quantitative estimate of drug-likeness (QED) is 0.0201. The minimum atomic E-state index is -4.00. The molecule has 2 aliphatic carbocycles. The predicted octanol–water partition coefficient (Wildman–Crippen LogP) is -9.81. The van der Waals surface area contributed by atoms with Gasteiger partial charge in [-0.05, 0) is 112 Å². The van der Waals surface area contributed by atoms with Crippen molar-refractivity contribution in [3.05, 3.63) is 0 Å². The Labute approximate surface area is 810 Å². The van der Waals surface area contributed by atoms with E-state index in [9.17, 15) is 117 Å². The second-order valence-electron chi connectivity index (χ2n) is 36.3. The van der Waals surface area contributed by atoms with Gasteiger partial charge in [0, 0.05) is 154 Å². The molecule has 0 aromatic heterocycles. The highest BCUT2D eigenvalue weighted by molar-refractivity contribution is 7.87. The zero-order chi connectivity index (χ0) is 109. The Bertz CT molecular complexity index is 5080. The van der Waals surface area contributed by atoms with Gasteiger partial charge in [0.15, 0.2) is 21.7 Å². The van der Waals surface area contributed by atoms with Crippen molar-refractivity contribution in [1.29, 1.82) is 0 Å². The van der Waals surface area contributed by atoms with E-state index in [-0.39, 0.29) is 186 Å². The molecule has 8 unspecified atom stereocenters. The standard InChI is InChI=1S/C19H33BN4O9S.C17H29BN4O9S.C17H31BN4O9S.C16H29BN4O9S.4CO2/c1-12(18(21)6-7-18)23(3)34(30,31)24-9-13(19(22,10-24)15(27)28)5-4-8-20-32-11-17(2,14(25)26)16(29)33-20;1-16(13(23)24)9-30-18(31-15(16)27)5-3-4-10-7-22(8-17(10,20)14(25)26)32(28,29)21(2)12-6-11(12)19;1-11(19)7-21(3)32(28,29)22-8-12(17(20,9-22)14(25)26)5-4-6-18-30-10-16(2,13(23)24)15(27)31-18;1-15(12(22)23)10-29-17(30-14(15)26)5-3-4-11-8-21(9-16(11,19)13(24)25)31(27,28)20(2)7-6-18;4*2-1-3/h12-13H,4-11,21-22H2,1-3H3,(H,25,26)(H,27,28);10-12H,3-9,19-20H2,1-2H3,(H,23,24)(H,25,26);11-12H,4-10,19-20H2,1-3H3,(H,23,24)(H,25,26);11H,3-10,18-19H2,1-2H3,(H,22,23)(H,24,25);;;;/t12?,13-,17?,19-;10-,11?,12?,16?,17-;11?,12-,16?,17-;11-,15?,16-;;;;/m0000..../s1. The number of nitrogens with zero attached hydrogens (tertiary/aromatic N) is 8. The van der Waals surface area contributed by atoms with E-state index in [1.807, 2.05) is 0 Å². The molecule has 8 aliphatic heterocycles. The molecular weight excluding hydrogens is 1980 g/mol. The van der Waals surface area contributed by atoms with E-state index < -0.39 is 226 Å². The smallest absolute Gasteiger partial charge is 0.509 e. The van der Waals surface area contributed by atoms with E-state index in [0.29, 0.717) is 44.9 Å². The molecule has 2 saturated carbocycles. The van der Waals surface area contributed by atoms with Crippen molar-refractivity contribution in [2.75, 3.05) is 127 Å². The third kappa shape index (κ3) is 30.3. The maximum Gasteiger partial charge on any atom is 0.527 e. The number of carbonyl (C=O) groups is 12. The van der Waals surface area contributed by atoms with Gasteiger partial charge in [0.1, 0.15) is 22.2 Å². The van der Waals surface area contributed by atoms with Crippen LogP contribution in [0, 0.1) is 45.3 Å². The van der Waals surface area contributed by atoms with Gasteiger partial charge < -0.3 is 124 Å². The van der Waals surface area contributed by atoms with Gasteiger partial charge in [-0.2, -0.15) is 106 Å². The number of carboxylic acids is 8. The molecule has 0 amide bonds. The number of likely N-dealkylation sites (N-methyl/N-ethyl adjacent to an activating group) is 4. The first-order valence-corrected chi connectivity index (χ1v) is 48.7. The monoisotopic (exact) mass is 2100 g/mol. The van der Waals surface area contributed by atoms with Crippen LogP contribution in [0.4, 0.5) is 0 Å². The van der Waals surface area contributed by atoms with E-state index >= 15 is 0 Å². The Balaban J connectivity index is 0.000000465. The third-order valence-corrected chi connectivity index (χ3v) is 33.8. The molecule has 24 N–H and O–H groups in total. The Morgan fingerprint density at radius 1 is 0.418 bits per heavy atom. The van der Waals surface area contributed by atoms with Crippen LogP contribution in [0.2, 0.25) is 25.3 Å². The molecular formula is C73H122B4N16O44S4. The zero-order valence-corrected chi connectivity index (χ0v) is 82.0. The summed E-state index contributed by atoms with van der Waals surface area (Å²) in [6.45, 7) is 5.28. The van der Waals surface area contributed by atoms with E-state index in [1.54, 1.807) is 13.8 Å². The number of rotatable bonds is 39. The number of hydrogen-bond donors (Lipinski definition) is 16. The van der Waals surface area contributed by atoms with Gasteiger partial charge in [0.05, 0.1) is 26.4 Å². The van der Waals surface area contributed by atoms with Crippen LogP contribution in [0.3, 0.4) is 0 Å². The van der Waals surface area contributed by atoms with Crippen molar-refractivity contribution in [3.8, 4) is 0 Å². The van der Waals surface area contributed by atoms with E-state index in [2.05, 4.69) is 0 Å². The minimum Gasteiger partial charge on any atom is -0.509 e. The normalized spacial score (nSPS) is 29.6. The fraction of sp³-hybridized carbons (Fsp3) is 0.781. The van der Waals surface area contributed by atoms with Crippen molar-refractivity contribution in [2.45, 2.75) is 189 Å². The fourth-order valence-corrected chi connectivity index (χ4v) is 22.3. The summed E-state index contributed by atoms with van der Waals surface area (Å²) in [7, 11) is -14.1. The maximum atomic E-state index is 13.2. The Kier molecular flexibility index (Phi) is 45.7. The lowest BCUT2D eigenvalue weighted by Gasteiger charge is -2.32. The first kappa shape index (κ1) is 126. The summed E-state index contributed by atoms with van der Waals surface area (Å²) < 4.78 is 154. The molecule has 8 saturated heterocycles. The molecule has 16 atom stereocenters. The van der Waals surface area contributed by atoms with Crippen LogP contribution in [-0.4, -0.2) is 412 Å². The van der Waals surface area contributed by atoms with E-state index in [1.165, 1.54) is 60.2 Å². The van der Waals surface area contributed by atoms with Crippen LogP contribution >= 0.6 is 0 Å². The van der Waals surface area contributed by atoms with Gasteiger partial charge in [0.2, 0.25) is 0 Å². The van der Waals surface area contributed by atoms with E-state index in [4.69, 9.17) is 137 Å². The summed E-state index contributed by atoms with van der Waals surface area (Å²) in [5.74, 6) is -17.0. The van der Waals surface area contributed by atoms with Gasteiger partial charge in [0.25, 0.3) is 40.8 Å². The van der Waals surface area contributed by atoms with Gasteiger partial charge in [-0.25, -0.2) is 0 Å². The molecule has 10 rings (SSSR count). The summed E-state index contributed by atoms with van der Waals surface area (Å²) in [4.78, 5) is 206. The number of carbonyl (C=O) groups excluding carboxylic acids is 12. The highest BCUT2D eigenvalue weighted by Crippen LogP contribution is 2.43. The summed E-state index contributed by atoms with van der Waals surface area (Å²) in [5, 5.41) is 75.4.